The summed E-state index contributed by atoms with van der Waals surface area (Å²) in [6, 6.07) is 7.15. The highest BCUT2D eigenvalue weighted by molar-refractivity contribution is 5.74. The normalized spacial score (nSPS) is 11.8. The number of urea groups is 1. The molecule has 0 aliphatic rings. The molecule has 7 heteroatoms. The lowest BCUT2D eigenvalue weighted by molar-refractivity contribution is -0.137. The fourth-order valence-corrected chi connectivity index (χ4v) is 2.18. The van der Waals surface area contributed by atoms with E-state index >= 15 is 0 Å². The van der Waals surface area contributed by atoms with E-state index in [0.717, 1.165) is 5.56 Å². The lowest BCUT2D eigenvalue weighted by Crippen LogP contribution is -2.39. The smallest absolute Gasteiger partial charge is 0.314 e. The van der Waals surface area contributed by atoms with Gasteiger partial charge in [-0.25, -0.2) is 4.79 Å². The fraction of sp³-hybridized carbons (Fsp3) is 0.529. The van der Waals surface area contributed by atoms with Crippen molar-refractivity contribution in [3.05, 3.63) is 29.8 Å². The van der Waals surface area contributed by atoms with Gasteiger partial charge in [0.05, 0.1) is 13.2 Å². The molecule has 1 aromatic rings. The molecule has 24 heavy (non-hydrogen) atoms. The van der Waals surface area contributed by atoms with Crippen LogP contribution in [0.3, 0.4) is 0 Å². The zero-order valence-electron chi connectivity index (χ0n) is 14.4. The number of hydrogen-bond donors (Lipinski definition) is 3. The van der Waals surface area contributed by atoms with Crippen molar-refractivity contribution in [2.45, 2.75) is 38.9 Å². The molecule has 0 aromatic heterocycles. The number of carboxylic acid groups (broad SMARTS) is 1. The van der Waals surface area contributed by atoms with Gasteiger partial charge in [0.1, 0.15) is 11.9 Å². The Hall–Kier alpha value is -2.28. The Morgan fingerprint density at radius 2 is 1.92 bits per heavy atom. The second-order valence-corrected chi connectivity index (χ2v) is 5.55. The van der Waals surface area contributed by atoms with Gasteiger partial charge in [0.15, 0.2) is 0 Å². The summed E-state index contributed by atoms with van der Waals surface area (Å²) >= 11 is 0. The number of rotatable bonds is 10. The minimum atomic E-state index is -0.876. The van der Waals surface area contributed by atoms with Gasteiger partial charge in [-0.3, -0.25) is 4.79 Å². The van der Waals surface area contributed by atoms with E-state index in [1.807, 2.05) is 38.1 Å². The second-order valence-electron chi connectivity index (χ2n) is 5.55. The van der Waals surface area contributed by atoms with Crippen molar-refractivity contribution in [3.8, 4) is 5.75 Å². The lowest BCUT2D eigenvalue weighted by atomic mass is 10.1. The number of carbonyl (C=O) groups is 2. The van der Waals surface area contributed by atoms with E-state index in [0.29, 0.717) is 18.7 Å². The van der Waals surface area contributed by atoms with Crippen molar-refractivity contribution in [1.82, 2.24) is 10.6 Å². The van der Waals surface area contributed by atoms with Crippen molar-refractivity contribution >= 4 is 12.0 Å². The molecule has 0 bridgehead atoms. The molecule has 134 valence electrons. The number of benzene rings is 1. The van der Waals surface area contributed by atoms with Gasteiger partial charge in [0.25, 0.3) is 0 Å². The summed E-state index contributed by atoms with van der Waals surface area (Å²) in [6.45, 7) is 4.44. The standard InChI is InChI=1S/C17H26N2O5/c1-12(2)24-15(13-7-4-5-8-14(13)23-3)11-19-17(22)18-10-6-9-16(20)21/h4-5,7-8,12,15H,6,9-11H2,1-3H3,(H,20,21)(H2,18,19,22). The number of ether oxygens (including phenoxy) is 2. The summed E-state index contributed by atoms with van der Waals surface area (Å²) in [7, 11) is 1.59. The van der Waals surface area contributed by atoms with Crippen LogP contribution in [-0.2, 0) is 9.53 Å². The molecular formula is C17H26N2O5. The first-order valence-electron chi connectivity index (χ1n) is 7.96. The van der Waals surface area contributed by atoms with Crippen LogP contribution < -0.4 is 15.4 Å². The number of aliphatic carboxylic acids is 1. The molecule has 0 spiro atoms. The Morgan fingerprint density at radius 1 is 1.21 bits per heavy atom. The Bertz CT molecular complexity index is 533. The van der Waals surface area contributed by atoms with Crippen LogP contribution in [0, 0.1) is 0 Å². The molecule has 0 fully saturated rings. The summed E-state index contributed by atoms with van der Waals surface area (Å²) in [5, 5.41) is 13.9. The highest BCUT2D eigenvalue weighted by atomic mass is 16.5. The van der Waals surface area contributed by atoms with Crippen molar-refractivity contribution in [3.63, 3.8) is 0 Å². The molecule has 0 aliphatic carbocycles. The van der Waals surface area contributed by atoms with Gasteiger partial charge in [-0.2, -0.15) is 0 Å². The number of amides is 2. The minimum Gasteiger partial charge on any atom is -0.496 e. The van der Waals surface area contributed by atoms with Crippen LogP contribution in [0.5, 0.6) is 5.75 Å². The first kappa shape index (κ1) is 19.8. The van der Waals surface area contributed by atoms with Crippen LogP contribution in [0.1, 0.15) is 38.4 Å². The van der Waals surface area contributed by atoms with Gasteiger partial charge >= 0.3 is 12.0 Å². The van der Waals surface area contributed by atoms with E-state index in [4.69, 9.17) is 14.6 Å². The Morgan fingerprint density at radius 3 is 2.54 bits per heavy atom. The summed E-state index contributed by atoms with van der Waals surface area (Å²) in [5.74, 6) is -0.175. The van der Waals surface area contributed by atoms with Crippen LogP contribution in [0.2, 0.25) is 0 Å². The van der Waals surface area contributed by atoms with Crippen LogP contribution in [-0.4, -0.2) is 43.4 Å². The minimum absolute atomic E-state index is 0.0136. The summed E-state index contributed by atoms with van der Waals surface area (Å²) < 4.78 is 11.2. The first-order chi connectivity index (χ1) is 11.4. The largest absolute Gasteiger partial charge is 0.496 e. The van der Waals surface area contributed by atoms with Gasteiger partial charge in [0, 0.05) is 25.1 Å². The number of carboxylic acids is 1. The molecule has 0 saturated heterocycles. The molecule has 7 nitrogen and oxygen atoms in total. The van der Waals surface area contributed by atoms with Gasteiger partial charge in [0.2, 0.25) is 0 Å². The Labute approximate surface area is 142 Å². The molecule has 1 rings (SSSR count). The molecule has 0 heterocycles. The third-order valence-electron chi connectivity index (χ3n) is 3.22. The van der Waals surface area contributed by atoms with Gasteiger partial charge < -0.3 is 25.2 Å². The lowest BCUT2D eigenvalue weighted by Gasteiger charge is -2.23. The highest BCUT2D eigenvalue weighted by Gasteiger charge is 2.18. The van der Waals surface area contributed by atoms with E-state index in [2.05, 4.69) is 10.6 Å². The zero-order chi connectivity index (χ0) is 17.9. The third kappa shape index (κ3) is 7.32. The predicted molar refractivity (Wildman–Crippen MR) is 90.2 cm³/mol. The topological polar surface area (TPSA) is 96.9 Å². The van der Waals surface area contributed by atoms with Crippen LogP contribution in [0.15, 0.2) is 24.3 Å². The number of nitrogens with one attached hydrogen (secondary N) is 2. The quantitative estimate of drug-likeness (QED) is 0.569. The molecule has 2 amide bonds. The van der Waals surface area contributed by atoms with Crippen LogP contribution in [0.4, 0.5) is 4.79 Å². The summed E-state index contributed by atoms with van der Waals surface area (Å²) in [6.07, 6.45) is 0.0631. The summed E-state index contributed by atoms with van der Waals surface area (Å²) in [5.41, 5.74) is 0.861. The van der Waals surface area contributed by atoms with E-state index in [1.54, 1.807) is 7.11 Å². The van der Waals surface area contributed by atoms with E-state index in [9.17, 15) is 9.59 Å². The molecule has 0 radical (unpaired) electrons. The number of carbonyl (C=O) groups excluding carboxylic acids is 1. The van der Waals surface area contributed by atoms with E-state index in [1.165, 1.54) is 0 Å². The number of methoxy groups -OCH3 is 1. The molecule has 1 unspecified atom stereocenters. The Balaban J connectivity index is 2.57. The maximum absolute atomic E-state index is 11.8. The second kappa shape index (κ2) is 10.5. The molecular weight excluding hydrogens is 312 g/mol. The van der Waals surface area contributed by atoms with Gasteiger partial charge in [-0.1, -0.05) is 18.2 Å². The van der Waals surface area contributed by atoms with Crippen molar-refractivity contribution in [2.24, 2.45) is 0 Å². The van der Waals surface area contributed by atoms with E-state index < -0.39 is 5.97 Å². The van der Waals surface area contributed by atoms with E-state index in [-0.39, 0.29) is 31.2 Å². The maximum Gasteiger partial charge on any atom is 0.314 e. The van der Waals surface area contributed by atoms with Crippen LogP contribution >= 0.6 is 0 Å². The Kier molecular flexibility index (Phi) is 8.64. The van der Waals surface area contributed by atoms with Gasteiger partial charge in [-0.15, -0.1) is 0 Å². The number of para-hydroxylation sites is 1. The van der Waals surface area contributed by atoms with Crippen LogP contribution in [0.25, 0.3) is 0 Å². The average molecular weight is 338 g/mol. The molecule has 1 atom stereocenters. The zero-order valence-corrected chi connectivity index (χ0v) is 14.4. The predicted octanol–water partition coefficient (Wildman–Crippen LogP) is 2.33. The third-order valence-corrected chi connectivity index (χ3v) is 3.22. The highest BCUT2D eigenvalue weighted by Crippen LogP contribution is 2.27. The first-order valence-corrected chi connectivity index (χ1v) is 7.96. The average Bonchev–Trinajstić information content (AvgIpc) is 2.55. The molecule has 0 aliphatic heterocycles. The molecule has 0 saturated carbocycles. The number of hydrogen-bond acceptors (Lipinski definition) is 4. The summed E-state index contributed by atoms with van der Waals surface area (Å²) in [4.78, 5) is 22.2. The maximum atomic E-state index is 11.8. The van der Waals surface area contributed by atoms with Crippen molar-refractivity contribution in [1.29, 1.82) is 0 Å². The van der Waals surface area contributed by atoms with Gasteiger partial charge in [-0.05, 0) is 26.3 Å². The monoisotopic (exact) mass is 338 g/mol. The fourth-order valence-electron chi connectivity index (χ4n) is 2.18. The van der Waals surface area contributed by atoms with Crippen molar-refractivity contribution < 1.29 is 24.2 Å². The van der Waals surface area contributed by atoms with Crippen molar-refractivity contribution in [2.75, 3.05) is 20.2 Å². The SMILES string of the molecule is COc1ccccc1C(CNC(=O)NCCCC(=O)O)OC(C)C. The molecule has 3 N–H and O–H groups in total. The molecule has 1 aromatic carbocycles.